The van der Waals surface area contributed by atoms with Crippen LogP contribution in [0.4, 0.5) is 9.59 Å². The van der Waals surface area contributed by atoms with Gasteiger partial charge in [0.25, 0.3) is 11.8 Å². The topological polar surface area (TPSA) is 241 Å². The number of hydrogen-bond donors (Lipinski definition) is 8. The predicted molar refractivity (Wildman–Crippen MR) is 193 cm³/mol. The quantitative estimate of drug-likeness (QED) is 0.125. The van der Waals surface area contributed by atoms with Crippen molar-refractivity contribution in [1.82, 2.24) is 31.2 Å². The molecule has 0 saturated heterocycles. The molecule has 0 unspecified atom stereocenters. The van der Waals surface area contributed by atoms with Crippen molar-refractivity contribution in [2.45, 2.75) is 72.6 Å². The van der Waals surface area contributed by atoms with Gasteiger partial charge in [0.1, 0.15) is 0 Å². The van der Waals surface area contributed by atoms with E-state index in [1.54, 1.807) is 26.0 Å². The predicted octanol–water partition coefficient (Wildman–Crippen LogP) is 3.65. The summed E-state index contributed by atoms with van der Waals surface area (Å²) in [5.74, 6) is -2.47. The number of H-pyrrole nitrogens is 2. The number of aromatic amines is 2. The lowest BCUT2D eigenvalue weighted by Crippen LogP contribution is -2.24. The van der Waals surface area contributed by atoms with Crippen molar-refractivity contribution in [2.75, 3.05) is 27.3 Å². The first-order valence-electron chi connectivity index (χ1n) is 17.1. The van der Waals surface area contributed by atoms with E-state index in [1.807, 2.05) is 13.8 Å². The van der Waals surface area contributed by atoms with E-state index in [0.29, 0.717) is 69.3 Å². The first kappa shape index (κ1) is 39.7. The smallest absolute Gasteiger partial charge is 0.406 e. The molecule has 4 rings (SSSR count). The maximum Gasteiger partial charge on any atom is 0.406 e. The molecular formula is C37H46N6O10. The summed E-state index contributed by atoms with van der Waals surface area (Å²) in [7, 11) is 2.53. The van der Waals surface area contributed by atoms with Gasteiger partial charge < -0.3 is 50.9 Å². The lowest BCUT2D eigenvalue weighted by molar-refractivity contribution is -0.138. The fourth-order valence-electron chi connectivity index (χ4n) is 6.51. The molecule has 16 heteroatoms. The monoisotopic (exact) mass is 734 g/mol. The van der Waals surface area contributed by atoms with Crippen LogP contribution in [0.2, 0.25) is 0 Å². The van der Waals surface area contributed by atoms with Gasteiger partial charge >= 0.3 is 24.1 Å². The van der Waals surface area contributed by atoms with Crippen molar-refractivity contribution in [2.24, 2.45) is 0 Å². The van der Waals surface area contributed by atoms with Crippen LogP contribution in [-0.2, 0) is 47.9 Å². The van der Waals surface area contributed by atoms with Crippen molar-refractivity contribution >= 4 is 48.1 Å². The van der Waals surface area contributed by atoms with Crippen molar-refractivity contribution < 1.29 is 48.5 Å². The number of nitrogens with one attached hydrogen (secondary N) is 6. The Balaban J connectivity index is 1.74. The summed E-state index contributed by atoms with van der Waals surface area (Å²) < 4.78 is 9.28. The zero-order valence-electron chi connectivity index (χ0n) is 30.7. The average molecular weight is 735 g/mol. The molecule has 0 fully saturated rings. The molecule has 0 atom stereocenters. The summed E-state index contributed by atoms with van der Waals surface area (Å²) in [6, 6.07) is 0. The third kappa shape index (κ3) is 9.64. The van der Waals surface area contributed by atoms with E-state index in [0.717, 1.165) is 22.3 Å². The van der Waals surface area contributed by atoms with Gasteiger partial charge in [0, 0.05) is 77.7 Å². The number of ether oxygens (including phenoxy) is 2. The Morgan fingerprint density at radius 1 is 0.642 bits per heavy atom. The van der Waals surface area contributed by atoms with Gasteiger partial charge in [0.05, 0.1) is 14.2 Å². The fraction of sp³-hybridized carbons (Fsp3) is 0.405. The molecule has 0 bridgehead atoms. The maximum absolute atomic E-state index is 12.7. The molecule has 0 saturated carbocycles. The molecule has 2 aromatic rings. The van der Waals surface area contributed by atoms with E-state index in [1.165, 1.54) is 14.2 Å². The van der Waals surface area contributed by atoms with Crippen molar-refractivity contribution in [3.8, 4) is 0 Å². The Morgan fingerprint density at radius 2 is 1.02 bits per heavy atom. The lowest BCUT2D eigenvalue weighted by Gasteiger charge is -2.08. The molecule has 8 N–H and O–H groups in total. The minimum Gasteiger partial charge on any atom is -0.481 e. The summed E-state index contributed by atoms with van der Waals surface area (Å²) in [6.45, 7) is 7.60. The largest absolute Gasteiger partial charge is 0.481 e. The zero-order valence-corrected chi connectivity index (χ0v) is 30.7. The van der Waals surface area contributed by atoms with Gasteiger partial charge in [-0.25, -0.2) is 9.59 Å². The number of alkyl carbamates (subject to hydrolysis) is 2. The summed E-state index contributed by atoms with van der Waals surface area (Å²) in [5.41, 5.74) is 9.41. The number of amides is 4. The maximum atomic E-state index is 12.7. The number of allylic oxidation sites excluding steroid dienone is 2. The number of aromatic nitrogens is 2. The van der Waals surface area contributed by atoms with Gasteiger partial charge in [0.2, 0.25) is 0 Å². The first-order valence-corrected chi connectivity index (χ1v) is 17.1. The third-order valence-electron chi connectivity index (χ3n) is 9.51. The molecule has 16 nitrogen and oxygen atoms in total. The van der Waals surface area contributed by atoms with Gasteiger partial charge in [0.15, 0.2) is 0 Å². The van der Waals surface area contributed by atoms with Crippen LogP contribution in [0.15, 0.2) is 33.7 Å². The van der Waals surface area contributed by atoms with Gasteiger partial charge in [-0.2, -0.15) is 0 Å². The SMILES string of the molecule is COC(=O)NCCC1=C(C)C(=O)N/C1=C\c1[nH]c(Cc2[nH]c(/C=C3\NC(=O)C(C)=C3CCNC(=O)OC)c(C)c2CCC(=O)O)c(CCC(=O)O)c1C. The number of rotatable bonds is 16. The Morgan fingerprint density at radius 3 is 1.36 bits per heavy atom. The van der Waals surface area contributed by atoms with Crippen molar-refractivity contribution in [3.63, 3.8) is 0 Å². The standard InChI is InChI=1S/C37H46N6O10/c1-18-22(7-9-32(44)45)28(40-26(18)15-30-24(20(3)34(48)42-30)11-13-38-36(50)52-5)17-29-23(8-10-33(46)47)19(2)27(41-29)16-31-25(21(4)35(49)43-31)12-14-39-37(51)53-6/h15-16,40-41H,7-14,17H2,1-6H3,(H,38,50)(H,39,51)(H,42,48)(H,43,49)(H,44,45)(H,46,47)/b30-15-,31-16-. The first-order chi connectivity index (χ1) is 25.1. The van der Waals surface area contributed by atoms with Crippen LogP contribution in [-0.4, -0.2) is 83.4 Å². The number of carbonyl (C=O) groups is 6. The highest BCUT2D eigenvalue weighted by Gasteiger charge is 2.27. The second kappa shape index (κ2) is 17.4. The molecular weight excluding hydrogens is 688 g/mol. The molecule has 0 aromatic carbocycles. The number of carboxylic acid groups (broad SMARTS) is 2. The van der Waals surface area contributed by atoms with Crippen molar-refractivity contribution in [1.29, 1.82) is 0 Å². The number of aliphatic carboxylic acids is 2. The van der Waals surface area contributed by atoms with Gasteiger partial charge in [-0.05, 0) is 98.9 Å². The van der Waals surface area contributed by atoms with Crippen LogP contribution >= 0.6 is 0 Å². The Hall–Kier alpha value is -6.06. The Labute approximate surface area is 306 Å². The highest BCUT2D eigenvalue weighted by Crippen LogP contribution is 2.32. The summed E-state index contributed by atoms with van der Waals surface area (Å²) in [5, 5.41) is 30.1. The van der Waals surface area contributed by atoms with Crippen LogP contribution in [0.5, 0.6) is 0 Å². The van der Waals surface area contributed by atoms with E-state index in [2.05, 4.69) is 40.7 Å². The minimum atomic E-state index is -0.968. The van der Waals surface area contributed by atoms with E-state index in [-0.39, 0.29) is 57.0 Å². The second-order valence-electron chi connectivity index (χ2n) is 12.8. The summed E-state index contributed by atoms with van der Waals surface area (Å²) in [6.07, 6.45) is 3.56. The van der Waals surface area contributed by atoms with Crippen molar-refractivity contribution in [3.05, 3.63) is 78.7 Å². The van der Waals surface area contributed by atoms with Gasteiger partial charge in [-0.3, -0.25) is 19.2 Å². The van der Waals surface area contributed by atoms with Crippen LogP contribution in [0.1, 0.15) is 84.6 Å². The van der Waals surface area contributed by atoms with E-state index >= 15 is 0 Å². The van der Waals surface area contributed by atoms with Crippen LogP contribution in [0, 0.1) is 13.8 Å². The molecule has 0 aliphatic carbocycles. The second-order valence-corrected chi connectivity index (χ2v) is 12.8. The van der Waals surface area contributed by atoms with Crippen LogP contribution < -0.4 is 21.3 Å². The normalized spacial score (nSPS) is 15.7. The molecule has 4 heterocycles. The van der Waals surface area contributed by atoms with Gasteiger partial charge in [-0.1, -0.05) is 0 Å². The molecule has 4 amide bonds. The van der Waals surface area contributed by atoms with E-state index in [4.69, 9.17) is 0 Å². The number of carbonyl (C=O) groups excluding carboxylic acids is 4. The molecule has 284 valence electrons. The fourth-order valence-corrected chi connectivity index (χ4v) is 6.51. The number of carboxylic acids is 2. The van der Waals surface area contributed by atoms with Crippen LogP contribution in [0.25, 0.3) is 12.2 Å². The van der Waals surface area contributed by atoms with E-state index < -0.39 is 24.1 Å². The van der Waals surface area contributed by atoms with Crippen LogP contribution in [0.3, 0.4) is 0 Å². The Bertz CT molecular complexity index is 1820. The Kier molecular flexibility index (Phi) is 13.1. The molecule has 0 radical (unpaired) electrons. The third-order valence-corrected chi connectivity index (χ3v) is 9.51. The zero-order chi connectivity index (χ0) is 39.0. The summed E-state index contributed by atoms with van der Waals surface area (Å²) >= 11 is 0. The molecule has 53 heavy (non-hydrogen) atoms. The average Bonchev–Trinajstić information content (AvgIpc) is 3.75. The van der Waals surface area contributed by atoms with Gasteiger partial charge in [-0.15, -0.1) is 0 Å². The molecule has 2 aliphatic heterocycles. The lowest BCUT2D eigenvalue weighted by atomic mass is 9.98. The highest BCUT2D eigenvalue weighted by atomic mass is 16.5. The van der Waals surface area contributed by atoms with E-state index in [9.17, 15) is 39.0 Å². The molecule has 2 aromatic heterocycles. The number of hydrogen-bond acceptors (Lipinski definition) is 8. The minimum absolute atomic E-state index is 0.131. The highest BCUT2D eigenvalue weighted by molar-refractivity contribution is 6.01. The number of methoxy groups -OCH3 is 2. The summed E-state index contributed by atoms with van der Waals surface area (Å²) in [4.78, 5) is 78.8. The molecule has 2 aliphatic rings. The molecule has 0 spiro atoms.